The largest absolute Gasteiger partial charge is 0.294 e. The molecular weight excluding hydrogens is 585 g/mol. The van der Waals surface area contributed by atoms with Gasteiger partial charge in [0.25, 0.3) is 0 Å². The molecule has 0 aliphatic heterocycles. The number of fused-ring (bicyclic) bond motifs is 4. The Morgan fingerprint density at radius 3 is 1.00 bits per heavy atom. The molecule has 0 spiro atoms. The van der Waals surface area contributed by atoms with Crippen molar-refractivity contribution in [3.05, 3.63) is 203 Å². The third kappa shape index (κ3) is 4.26. The van der Waals surface area contributed by atoms with E-state index < -0.39 is 11.8 Å². The lowest BCUT2D eigenvalue weighted by Gasteiger charge is -2.46. The van der Waals surface area contributed by atoms with Crippen LogP contribution in [-0.4, -0.2) is 11.6 Å². The number of benzene rings is 7. The van der Waals surface area contributed by atoms with Crippen LogP contribution < -0.4 is 0 Å². The van der Waals surface area contributed by atoms with Gasteiger partial charge in [0, 0.05) is 45.9 Å². The number of ketones is 2. The summed E-state index contributed by atoms with van der Waals surface area (Å²) in [6.07, 6.45) is 0. The molecule has 2 heteroatoms. The fourth-order valence-corrected chi connectivity index (χ4v) is 8.68. The summed E-state index contributed by atoms with van der Waals surface area (Å²) in [6.45, 7) is 0. The maximum absolute atomic E-state index is 15.8. The van der Waals surface area contributed by atoms with Crippen molar-refractivity contribution in [1.82, 2.24) is 0 Å². The topological polar surface area (TPSA) is 34.1 Å². The second kappa shape index (κ2) is 11.4. The molecule has 0 N–H and O–H groups in total. The van der Waals surface area contributed by atoms with Crippen LogP contribution in [0.4, 0.5) is 0 Å². The molecule has 4 atom stereocenters. The van der Waals surface area contributed by atoms with Crippen molar-refractivity contribution >= 4 is 22.3 Å². The average molecular weight is 617 g/mol. The number of hydrogen-bond acceptors (Lipinski definition) is 2. The van der Waals surface area contributed by atoms with Crippen LogP contribution >= 0.6 is 0 Å². The van der Waals surface area contributed by atoms with Gasteiger partial charge in [0.05, 0.1) is 0 Å². The van der Waals surface area contributed by atoms with Crippen LogP contribution in [0.15, 0.2) is 170 Å². The first-order chi connectivity index (χ1) is 23.7. The van der Waals surface area contributed by atoms with E-state index in [1.165, 1.54) is 0 Å². The van der Waals surface area contributed by atoms with Gasteiger partial charge in [-0.05, 0) is 44.2 Å². The Kier molecular flexibility index (Phi) is 6.76. The molecule has 0 saturated carbocycles. The lowest BCUT2D eigenvalue weighted by atomic mass is 9.53. The van der Waals surface area contributed by atoms with E-state index in [9.17, 15) is 0 Å². The van der Waals surface area contributed by atoms with E-state index in [1.54, 1.807) is 0 Å². The summed E-state index contributed by atoms with van der Waals surface area (Å²) in [5, 5.41) is 1.96. The Balaban J connectivity index is 1.44. The fraction of sp³-hybridized carbons (Fsp3) is 0.0870. The smallest absolute Gasteiger partial charge is 0.169 e. The molecule has 0 radical (unpaired) electrons. The van der Waals surface area contributed by atoms with Crippen LogP contribution in [0.1, 0.15) is 54.8 Å². The molecule has 7 aromatic rings. The highest BCUT2D eigenvalue weighted by Gasteiger charge is 2.55. The van der Waals surface area contributed by atoms with Gasteiger partial charge in [0.15, 0.2) is 11.6 Å². The molecular formula is C46H32O2. The van der Waals surface area contributed by atoms with Gasteiger partial charge in [-0.2, -0.15) is 0 Å². The van der Waals surface area contributed by atoms with Crippen molar-refractivity contribution in [3.63, 3.8) is 0 Å². The zero-order valence-corrected chi connectivity index (χ0v) is 26.3. The Hall–Kier alpha value is -5.86. The van der Waals surface area contributed by atoms with Crippen LogP contribution in [0.3, 0.4) is 0 Å². The van der Waals surface area contributed by atoms with Crippen LogP contribution in [0.25, 0.3) is 33.0 Å². The van der Waals surface area contributed by atoms with E-state index >= 15 is 9.59 Å². The zero-order chi connectivity index (χ0) is 32.2. The second-order valence-corrected chi connectivity index (χ2v) is 13.0. The monoisotopic (exact) mass is 616 g/mol. The van der Waals surface area contributed by atoms with Crippen molar-refractivity contribution < 1.29 is 9.59 Å². The van der Waals surface area contributed by atoms with E-state index in [0.29, 0.717) is 11.1 Å². The third-order valence-corrected chi connectivity index (χ3v) is 10.5. The van der Waals surface area contributed by atoms with Crippen LogP contribution in [-0.2, 0) is 0 Å². The Morgan fingerprint density at radius 2 is 0.625 bits per heavy atom. The fourth-order valence-electron chi connectivity index (χ4n) is 8.68. The first kappa shape index (κ1) is 28.4. The number of carbonyl (C=O) groups is 2. The van der Waals surface area contributed by atoms with Crippen LogP contribution in [0.5, 0.6) is 0 Å². The minimum absolute atomic E-state index is 0.0423. The molecule has 0 aromatic heterocycles. The van der Waals surface area contributed by atoms with Gasteiger partial charge >= 0.3 is 0 Å². The SMILES string of the molecule is O=C1c2c(c(-c3ccccc3)c3ccccc3c2-c2ccccc2)C(=O)[C@H]2[C@@H](c3ccccc3)c3ccccc3[C@@H](c3ccccc3)[C@H]12. The van der Waals surface area contributed by atoms with Crippen molar-refractivity contribution in [3.8, 4) is 22.3 Å². The summed E-state index contributed by atoms with van der Waals surface area (Å²) in [4.78, 5) is 31.7. The van der Waals surface area contributed by atoms with Gasteiger partial charge in [0.2, 0.25) is 0 Å². The number of rotatable bonds is 4. The zero-order valence-electron chi connectivity index (χ0n) is 26.3. The summed E-state index contributed by atoms with van der Waals surface area (Å²) < 4.78 is 0. The average Bonchev–Trinajstić information content (AvgIpc) is 3.16. The minimum atomic E-state index is -0.584. The van der Waals surface area contributed by atoms with Gasteiger partial charge in [-0.3, -0.25) is 9.59 Å². The highest BCUT2D eigenvalue weighted by molar-refractivity contribution is 6.28. The maximum atomic E-state index is 15.8. The Morgan fingerprint density at radius 1 is 0.312 bits per heavy atom. The van der Waals surface area contributed by atoms with Gasteiger partial charge in [-0.25, -0.2) is 0 Å². The minimum Gasteiger partial charge on any atom is -0.294 e. The normalized spacial score (nSPS) is 19.8. The van der Waals surface area contributed by atoms with E-state index in [-0.39, 0.29) is 23.4 Å². The van der Waals surface area contributed by atoms with Gasteiger partial charge in [-0.1, -0.05) is 170 Å². The van der Waals surface area contributed by atoms with Gasteiger partial charge in [-0.15, -0.1) is 0 Å². The molecule has 0 amide bonds. The number of carbonyl (C=O) groups excluding carboxylic acids is 2. The molecule has 0 saturated heterocycles. The third-order valence-electron chi connectivity index (χ3n) is 10.5. The molecule has 7 aromatic carbocycles. The predicted octanol–water partition coefficient (Wildman–Crippen LogP) is 10.8. The lowest BCUT2D eigenvalue weighted by molar-refractivity contribution is 0.0684. The van der Waals surface area contributed by atoms with E-state index in [4.69, 9.17) is 0 Å². The molecule has 2 aliphatic rings. The van der Waals surface area contributed by atoms with Gasteiger partial charge < -0.3 is 0 Å². The molecule has 48 heavy (non-hydrogen) atoms. The second-order valence-electron chi connectivity index (χ2n) is 13.0. The molecule has 2 aliphatic carbocycles. The Labute approximate surface area is 280 Å². The molecule has 0 bridgehead atoms. The maximum Gasteiger partial charge on any atom is 0.169 e. The van der Waals surface area contributed by atoms with Crippen molar-refractivity contribution in [2.24, 2.45) is 11.8 Å². The van der Waals surface area contributed by atoms with E-state index in [1.807, 2.05) is 84.9 Å². The predicted molar refractivity (Wildman–Crippen MR) is 193 cm³/mol. The van der Waals surface area contributed by atoms with Crippen molar-refractivity contribution in [1.29, 1.82) is 0 Å². The quantitative estimate of drug-likeness (QED) is 0.197. The summed E-state index contributed by atoms with van der Waals surface area (Å²) in [7, 11) is 0. The van der Waals surface area contributed by atoms with E-state index in [0.717, 1.165) is 55.3 Å². The first-order valence-corrected chi connectivity index (χ1v) is 16.7. The van der Waals surface area contributed by atoms with E-state index in [2.05, 4.69) is 84.9 Å². The first-order valence-electron chi connectivity index (χ1n) is 16.7. The van der Waals surface area contributed by atoms with Crippen LogP contribution in [0, 0.1) is 11.8 Å². The van der Waals surface area contributed by atoms with Crippen molar-refractivity contribution in [2.45, 2.75) is 11.8 Å². The van der Waals surface area contributed by atoms with Gasteiger partial charge in [0.1, 0.15) is 0 Å². The number of Topliss-reactive ketones (excluding diaryl/α,β-unsaturated/α-hetero) is 2. The molecule has 0 heterocycles. The summed E-state index contributed by atoms with van der Waals surface area (Å²) in [5.41, 5.74) is 9.03. The van der Waals surface area contributed by atoms with Crippen molar-refractivity contribution in [2.75, 3.05) is 0 Å². The molecule has 0 fully saturated rings. The summed E-state index contributed by atoms with van der Waals surface area (Å²) in [6, 6.07) is 57.6. The molecule has 9 rings (SSSR count). The highest BCUT2D eigenvalue weighted by Crippen LogP contribution is 2.58. The Bertz CT molecular complexity index is 2160. The number of hydrogen-bond donors (Lipinski definition) is 0. The molecule has 228 valence electrons. The standard InChI is InChI=1S/C46H32O2/c47-45-41-37(29-17-5-1-6-18-29)33-25-13-14-26-34(33)38(30-19-7-2-8-20-30)42(41)46(48)44-40(32-23-11-4-12-24-32)36-28-16-15-27-35(36)39(43(44)45)31-21-9-3-10-22-31/h1-28,37-38,41-42H/t37-,38+,41-,42-/m0/s1. The van der Waals surface area contributed by atoms with Crippen LogP contribution in [0.2, 0.25) is 0 Å². The summed E-state index contributed by atoms with van der Waals surface area (Å²) >= 11 is 0. The lowest BCUT2D eigenvalue weighted by Crippen LogP contribution is -2.47. The highest BCUT2D eigenvalue weighted by atomic mass is 16.1. The molecule has 0 unspecified atom stereocenters. The molecule has 2 nitrogen and oxygen atoms in total. The summed E-state index contributed by atoms with van der Waals surface area (Å²) in [5.74, 6) is -1.62.